The molecular weight excluding hydrogens is 412 g/mol. The molecule has 2 aromatic heterocycles. The van der Waals surface area contributed by atoms with Crippen molar-refractivity contribution in [3.63, 3.8) is 0 Å². The second-order valence-corrected chi connectivity index (χ2v) is 8.86. The second-order valence-electron chi connectivity index (χ2n) is 6.92. The molecule has 154 valence electrons. The monoisotopic (exact) mass is 436 g/mol. The van der Waals surface area contributed by atoms with Crippen molar-refractivity contribution in [3.05, 3.63) is 58.6 Å². The van der Waals surface area contributed by atoms with E-state index in [2.05, 4.69) is 28.3 Å². The molecule has 5 nitrogen and oxygen atoms in total. The van der Waals surface area contributed by atoms with E-state index >= 15 is 0 Å². The number of nitrogens with zero attached hydrogens (tertiary/aromatic N) is 3. The molecule has 0 aliphatic carbocycles. The maximum atomic E-state index is 12.3. The van der Waals surface area contributed by atoms with E-state index in [4.69, 9.17) is 0 Å². The number of aryl methyl sites for hydroxylation is 2. The highest BCUT2D eigenvalue weighted by Gasteiger charge is 2.11. The van der Waals surface area contributed by atoms with Gasteiger partial charge < -0.3 is 5.32 Å². The number of nitrogens with one attached hydrogen (secondary N) is 1. The number of hydrogen-bond donors (Lipinski definition) is 1. The first-order chi connectivity index (χ1) is 14.6. The molecule has 0 saturated carbocycles. The molecule has 0 saturated heterocycles. The Balaban J connectivity index is 1.53. The van der Waals surface area contributed by atoms with Crippen molar-refractivity contribution >= 4 is 34.1 Å². The third-order valence-corrected chi connectivity index (χ3v) is 6.24. The van der Waals surface area contributed by atoms with Crippen molar-refractivity contribution in [2.45, 2.75) is 44.6 Å². The van der Waals surface area contributed by atoms with Crippen LogP contribution < -0.4 is 5.32 Å². The number of benzene rings is 1. The summed E-state index contributed by atoms with van der Waals surface area (Å²) in [6.45, 7) is 4.19. The summed E-state index contributed by atoms with van der Waals surface area (Å²) in [5, 5.41) is 15.4. The normalized spacial score (nSPS) is 10.6. The minimum Gasteiger partial charge on any atom is -0.302 e. The molecule has 7 heteroatoms. The molecule has 0 spiro atoms. The average molecular weight is 437 g/mol. The first-order valence-corrected chi connectivity index (χ1v) is 11.8. The minimum absolute atomic E-state index is 0.0899. The SMILES string of the molecule is CCCCc1ccc(C#N)c(SCCC(=O)Nc2nc(-c3ccc(C)cc3)cs2)n1. The number of thioether (sulfide) groups is 1. The van der Waals surface area contributed by atoms with Gasteiger partial charge in [0.25, 0.3) is 0 Å². The van der Waals surface area contributed by atoms with Gasteiger partial charge in [-0.1, -0.05) is 43.2 Å². The highest BCUT2D eigenvalue weighted by molar-refractivity contribution is 7.99. The molecule has 0 unspecified atom stereocenters. The number of pyridine rings is 1. The standard InChI is InChI=1S/C23H24N4OS2/c1-3-4-5-19-11-10-18(14-24)22(25-19)29-13-12-21(28)27-23-26-20(15-30-23)17-8-6-16(2)7-9-17/h6-11,15H,3-5,12-13H2,1-2H3,(H,26,27,28). The summed E-state index contributed by atoms with van der Waals surface area (Å²) < 4.78 is 0. The van der Waals surface area contributed by atoms with Crippen LogP contribution >= 0.6 is 23.1 Å². The predicted octanol–water partition coefficient (Wildman–Crippen LogP) is 5.85. The first-order valence-electron chi connectivity index (χ1n) is 9.94. The maximum absolute atomic E-state index is 12.3. The Kier molecular flexibility index (Phi) is 8.00. The molecule has 2 heterocycles. The molecule has 1 N–H and O–H groups in total. The Morgan fingerprint density at radius 1 is 1.20 bits per heavy atom. The highest BCUT2D eigenvalue weighted by atomic mass is 32.2. The molecule has 0 radical (unpaired) electrons. The average Bonchev–Trinajstić information content (AvgIpc) is 3.21. The zero-order valence-electron chi connectivity index (χ0n) is 17.1. The molecule has 0 atom stereocenters. The predicted molar refractivity (Wildman–Crippen MR) is 124 cm³/mol. The van der Waals surface area contributed by atoms with Gasteiger partial charge in [-0.15, -0.1) is 23.1 Å². The van der Waals surface area contributed by atoms with Crippen molar-refractivity contribution in [2.24, 2.45) is 0 Å². The Bertz CT molecular complexity index is 1040. The van der Waals surface area contributed by atoms with E-state index in [0.717, 1.165) is 36.2 Å². The number of nitriles is 1. The van der Waals surface area contributed by atoms with E-state index in [1.807, 2.05) is 48.7 Å². The Hall–Kier alpha value is -2.69. The summed E-state index contributed by atoms with van der Waals surface area (Å²) in [6.07, 6.45) is 3.41. The Morgan fingerprint density at radius 3 is 2.73 bits per heavy atom. The topological polar surface area (TPSA) is 78.7 Å². The number of anilines is 1. The zero-order valence-corrected chi connectivity index (χ0v) is 18.8. The van der Waals surface area contributed by atoms with Crippen molar-refractivity contribution in [1.29, 1.82) is 5.26 Å². The number of unbranched alkanes of at least 4 members (excludes halogenated alkanes) is 1. The second kappa shape index (κ2) is 10.9. The van der Waals surface area contributed by atoms with Crippen LogP contribution in [-0.4, -0.2) is 21.6 Å². The number of rotatable bonds is 9. The number of hydrogen-bond acceptors (Lipinski definition) is 6. The minimum atomic E-state index is -0.0899. The van der Waals surface area contributed by atoms with Gasteiger partial charge >= 0.3 is 0 Å². The molecule has 1 aromatic carbocycles. The molecule has 0 bridgehead atoms. The summed E-state index contributed by atoms with van der Waals surface area (Å²) >= 11 is 2.87. The summed E-state index contributed by atoms with van der Waals surface area (Å²) in [4.78, 5) is 21.4. The van der Waals surface area contributed by atoms with Crippen molar-refractivity contribution < 1.29 is 4.79 Å². The Labute approximate surface area is 185 Å². The third kappa shape index (κ3) is 6.15. The van der Waals surface area contributed by atoms with Gasteiger partial charge in [0.2, 0.25) is 5.91 Å². The summed E-state index contributed by atoms with van der Waals surface area (Å²) in [5.41, 5.74) is 4.64. The number of carbonyl (C=O) groups excluding carboxylic acids is 1. The van der Waals surface area contributed by atoms with Crippen molar-refractivity contribution in [1.82, 2.24) is 9.97 Å². The molecule has 0 aliphatic rings. The van der Waals surface area contributed by atoms with Crippen LogP contribution in [0, 0.1) is 18.3 Å². The molecule has 0 fully saturated rings. The molecule has 3 rings (SSSR count). The van der Waals surface area contributed by atoms with Gasteiger partial charge in [-0.25, -0.2) is 9.97 Å². The van der Waals surface area contributed by atoms with Crippen molar-refractivity contribution in [3.8, 4) is 17.3 Å². The van der Waals surface area contributed by atoms with Crippen LogP contribution in [0.4, 0.5) is 5.13 Å². The summed E-state index contributed by atoms with van der Waals surface area (Å²) in [6, 6.07) is 14.1. The van der Waals surface area contributed by atoms with Crippen molar-refractivity contribution in [2.75, 3.05) is 11.1 Å². The fourth-order valence-electron chi connectivity index (χ4n) is 2.78. The lowest BCUT2D eigenvalue weighted by Crippen LogP contribution is -2.12. The van der Waals surface area contributed by atoms with Gasteiger partial charge in [0, 0.05) is 28.8 Å². The number of aromatic nitrogens is 2. The van der Waals surface area contributed by atoms with E-state index in [1.165, 1.54) is 28.7 Å². The van der Waals surface area contributed by atoms with Crippen LogP contribution in [0.5, 0.6) is 0 Å². The molecule has 30 heavy (non-hydrogen) atoms. The fraction of sp³-hybridized carbons (Fsp3) is 0.304. The largest absolute Gasteiger partial charge is 0.302 e. The van der Waals surface area contributed by atoms with Crippen LogP contribution in [0.1, 0.15) is 43.0 Å². The van der Waals surface area contributed by atoms with Gasteiger partial charge in [0.05, 0.1) is 11.3 Å². The molecule has 0 aliphatic heterocycles. The van der Waals surface area contributed by atoms with Gasteiger partial charge in [-0.2, -0.15) is 5.26 Å². The van der Waals surface area contributed by atoms with Crippen LogP contribution in [0.25, 0.3) is 11.3 Å². The lowest BCUT2D eigenvalue weighted by molar-refractivity contribution is -0.115. The van der Waals surface area contributed by atoms with E-state index in [-0.39, 0.29) is 5.91 Å². The van der Waals surface area contributed by atoms with E-state index in [9.17, 15) is 10.1 Å². The number of carbonyl (C=O) groups is 1. The fourth-order valence-corrected chi connectivity index (χ4v) is 4.45. The molecule has 1 amide bonds. The van der Waals surface area contributed by atoms with Gasteiger partial charge in [-0.3, -0.25) is 4.79 Å². The third-order valence-electron chi connectivity index (χ3n) is 4.49. The highest BCUT2D eigenvalue weighted by Crippen LogP contribution is 2.26. The Morgan fingerprint density at radius 2 is 2.00 bits per heavy atom. The van der Waals surface area contributed by atoms with E-state index < -0.39 is 0 Å². The van der Waals surface area contributed by atoms with Gasteiger partial charge in [-0.05, 0) is 31.9 Å². The maximum Gasteiger partial charge on any atom is 0.226 e. The summed E-state index contributed by atoms with van der Waals surface area (Å²) in [7, 11) is 0. The van der Waals surface area contributed by atoms with Gasteiger partial charge in [0.1, 0.15) is 11.1 Å². The quantitative estimate of drug-likeness (QED) is 0.426. The van der Waals surface area contributed by atoms with Gasteiger partial charge in [0.15, 0.2) is 5.13 Å². The lowest BCUT2D eigenvalue weighted by atomic mass is 10.1. The number of amides is 1. The van der Waals surface area contributed by atoms with Crippen LogP contribution in [0.15, 0.2) is 46.8 Å². The molecule has 3 aromatic rings. The van der Waals surface area contributed by atoms with Crippen LogP contribution in [-0.2, 0) is 11.2 Å². The van der Waals surface area contributed by atoms with Crippen LogP contribution in [0.3, 0.4) is 0 Å². The first kappa shape index (κ1) is 22.0. The molecular formula is C23H24N4OS2. The van der Waals surface area contributed by atoms with Crippen LogP contribution in [0.2, 0.25) is 0 Å². The number of thiazole rings is 1. The van der Waals surface area contributed by atoms with E-state index in [0.29, 0.717) is 27.9 Å². The zero-order chi connectivity index (χ0) is 21.3. The summed E-state index contributed by atoms with van der Waals surface area (Å²) in [5.74, 6) is 0.467. The lowest BCUT2D eigenvalue weighted by Gasteiger charge is -2.06. The smallest absolute Gasteiger partial charge is 0.226 e. The van der Waals surface area contributed by atoms with E-state index in [1.54, 1.807) is 0 Å².